The van der Waals surface area contributed by atoms with Crippen LogP contribution in [-0.2, 0) is 5.41 Å². The summed E-state index contributed by atoms with van der Waals surface area (Å²) in [6.07, 6.45) is 5.64. The summed E-state index contributed by atoms with van der Waals surface area (Å²) in [5.74, 6) is 3.64. The van der Waals surface area contributed by atoms with Crippen molar-refractivity contribution in [2.24, 2.45) is 17.8 Å². The smallest absolute Gasteiger partial charge is 0.225 e. The maximum absolute atomic E-state index is 6.32. The summed E-state index contributed by atoms with van der Waals surface area (Å²) >= 11 is 6.32. The van der Waals surface area contributed by atoms with Gasteiger partial charge in [0.15, 0.2) is 0 Å². The molecule has 1 aromatic heterocycles. The van der Waals surface area contributed by atoms with Gasteiger partial charge in [0, 0.05) is 11.5 Å². The average molecular weight is 282 g/mol. The fraction of sp³-hybridized carbons (Fsp3) is 0.867. The van der Waals surface area contributed by atoms with Gasteiger partial charge >= 0.3 is 0 Å². The third-order valence-corrected chi connectivity index (χ3v) is 5.40. The molecule has 1 aromatic rings. The van der Waals surface area contributed by atoms with Crippen LogP contribution in [0.25, 0.3) is 0 Å². The summed E-state index contributed by atoms with van der Waals surface area (Å²) in [5, 5.41) is 8.99. The van der Waals surface area contributed by atoms with Gasteiger partial charge in [0.05, 0.1) is 0 Å². The zero-order valence-electron chi connectivity index (χ0n) is 12.4. The molecular formula is C15H24ClN3. The van der Waals surface area contributed by atoms with E-state index in [1.807, 2.05) is 0 Å². The zero-order valence-corrected chi connectivity index (χ0v) is 13.1. The Labute approximate surface area is 120 Å². The molecule has 0 radical (unpaired) electrons. The Balaban J connectivity index is 1.91. The first-order valence-corrected chi connectivity index (χ1v) is 7.86. The highest BCUT2D eigenvalue weighted by atomic mass is 35.5. The van der Waals surface area contributed by atoms with Crippen molar-refractivity contribution >= 4 is 11.6 Å². The molecule has 3 nitrogen and oxygen atoms in total. The number of aromatic nitrogens is 3. The van der Waals surface area contributed by atoms with Crippen LogP contribution >= 0.6 is 11.6 Å². The Hall–Kier alpha value is -0.570. The minimum atomic E-state index is -0.00792. The molecule has 4 unspecified atom stereocenters. The second-order valence-corrected chi connectivity index (χ2v) is 7.83. The maximum Gasteiger partial charge on any atom is 0.225 e. The van der Waals surface area contributed by atoms with Crippen LogP contribution in [0.15, 0.2) is 0 Å². The van der Waals surface area contributed by atoms with E-state index >= 15 is 0 Å². The highest BCUT2D eigenvalue weighted by Crippen LogP contribution is 2.52. The summed E-state index contributed by atoms with van der Waals surface area (Å²) in [6, 6.07) is 0.423. The maximum atomic E-state index is 6.32. The van der Waals surface area contributed by atoms with Gasteiger partial charge in [0.2, 0.25) is 5.28 Å². The highest BCUT2D eigenvalue weighted by Gasteiger charge is 2.43. The van der Waals surface area contributed by atoms with Crippen LogP contribution in [0.4, 0.5) is 0 Å². The van der Waals surface area contributed by atoms with Crippen LogP contribution in [0.1, 0.15) is 65.2 Å². The molecule has 0 amide bonds. The standard InChI is InChI=1S/C15H24ClN3/c1-9(12-8-10-5-6-11(12)7-10)19-13(15(2,3)4)17-18-14(19)16/h9-12H,5-8H2,1-4H3. The Morgan fingerprint density at radius 1 is 1.21 bits per heavy atom. The molecule has 2 aliphatic carbocycles. The van der Waals surface area contributed by atoms with Crippen molar-refractivity contribution in [3.05, 3.63) is 11.1 Å². The molecule has 0 N–H and O–H groups in total. The molecule has 0 spiro atoms. The Kier molecular flexibility index (Phi) is 3.16. The van der Waals surface area contributed by atoms with E-state index < -0.39 is 0 Å². The minimum absolute atomic E-state index is 0.00792. The fourth-order valence-corrected chi connectivity index (χ4v) is 4.49. The van der Waals surface area contributed by atoms with Gasteiger partial charge in [-0.1, -0.05) is 27.2 Å². The van der Waals surface area contributed by atoms with Gasteiger partial charge in [0.25, 0.3) is 0 Å². The second-order valence-electron chi connectivity index (χ2n) is 7.49. The van der Waals surface area contributed by atoms with Crippen LogP contribution in [0.2, 0.25) is 5.28 Å². The molecule has 0 aromatic carbocycles. The molecule has 2 fully saturated rings. The van der Waals surface area contributed by atoms with E-state index in [4.69, 9.17) is 11.6 Å². The molecule has 0 aliphatic heterocycles. The van der Waals surface area contributed by atoms with Crippen LogP contribution < -0.4 is 0 Å². The van der Waals surface area contributed by atoms with Crippen LogP contribution in [0.5, 0.6) is 0 Å². The van der Waals surface area contributed by atoms with E-state index in [0.717, 1.165) is 23.6 Å². The predicted molar refractivity (Wildman–Crippen MR) is 77.4 cm³/mol. The van der Waals surface area contributed by atoms with Gasteiger partial charge in [0.1, 0.15) is 5.82 Å². The lowest BCUT2D eigenvalue weighted by Crippen LogP contribution is -2.27. The molecule has 4 atom stereocenters. The van der Waals surface area contributed by atoms with Crippen LogP contribution in [0, 0.1) is 17.8 Å². The third-order valence-electron chi connectivity index (χ3n) is 5.14. The molecule has 2 saturated carbocycles. The lowest BCUT2D eigenvalue weighted by atomic mass is 9.83. The zero-order chi connectivity index (χ0) is 13.8. The summed E-state index contributed by atoms with van der Waals surface area (Å²) in [7, 11) is 0. The lowest BCUT2D eigenvalue weighted by molar-refractivity contribution is 0.234. The number of nitrogens with zero attached hydrogens (tertiary/aromatic N) is 3. The van der Waals surface area contributed by atoms with Crippen molar-refractivity contribution in [1.82, 2.24) is 14.8 Å². The van der Waals surface area contributed by atoms with E-state index in [-0.39, 0.29) is 5.41 Å². The van der Waals surface area contributed by atoms with Gasteiger partial charge in [-0.25, -0.2) is 0 Å². The van der Waals surface area contributed by atoms with E-state index in [1.54, 1.807) is 0 Å². The molecule has 0 saturated heterocycles. The number of halogens is 1. The summed E-state index contributed by atoms with van der Waals surface area (Å²) < 4.78 is 2.19. The van der Waals surface area contributed by atoms with E-state index in [0.29, 0.717) is 11.3 Å². The molecule has 4 heteroatoms. The summed E-state index contributed by atoms with van der Waals surface area (Å²) in [5.41, 5.74) is -0.00792. The predicted octanol–water partition coefficient (Wildman–Crippen LogP) is 4.23. The molecule has 2 bridgehead atoms. The average Bonchev–Trinajstić information content (AvgIpc) is 3.00. The third kappa shape index (κ3) is 2.20. The first kappa shape index (κ1) is 13.4. The Morgan fingerprint density at radius 3 is 2.47 bits per heavy atom. The molecule has 106 valence electrons. The van der Waals surface area contributed by atoms with Crippen molar-refractivity contribution in [3.8, 4) is 0 Å². The van der Waals surface area contributed by atoms with Gasteiger partial charge in [-0.2, -0.15) is 0 Å². The molecule has 1 heterocycles. The first-order valence-electron chi connectivity index (χ1n) is 7.49. The minimum Gasteiger partial charge on any atom is -0.298 e. The quantitative estimate of drug-likeness (QED) is 0.812. The normalized spacial score (nSPS) is 31.9. The molecule has 2 aliphatic rings. The summed E-state index contributed by atoms with van der Waals surface area (Å²) in [6.45, 7) is 8.84. The van der Waals surface area contributed by atoms with Crippen molar-refractivity contribution in [1.29, 1.82) is 0 Å². The van der Waals surface area contributed by atoms with E-state index in [9.17, 15) is 0 Å². The van der Waals surface area contributed by atoms with E-state index in [2.05, 4.69) is 42.5 Å². The molecule has 3 rings (SSSR count). The number of fused-ring (bicyclic) bond motifs is 2. The molecule has 19 heavy (non-hydrogen) atoms. The van der Waals surface area contributed by atoms with Gasteiger partial charge in [-0.3, -0.25) is 4.57 Å². The van der Waals surface area contributed by atoms with E-state index in [1.165, 1.54) is 25.7 Å². The fourth-order valence-electron chi connectivity index (χ4n) is 4.22. The monoisotopic (exact) mass is 281 g/mol. The largest absolute Gasteiger partial charge is 0.298 e. The number of hydrogen-bond donors (Lipinski definition) is 0. The number of hydrogen-bond acceptors (Lipinski definition) is 2. The summed E-state index contributed by atoms with van der Waals surface area (Å²) in [4.78, 5) is 0. The lowest BCUT2D eigenvalue weighted by Gasteiger charge is -2.31. The van der Waals surface area contributed by atoms with Crippen molar-refractivity contribution < 1.29 is 0 Å². The topological polar surface area (TPSA) is 30.7 Å². The van der Waals surface area contributed by atoms with Gasteiger partial charge in [-0.05, 0) is 55.5 Å². The highest BCUT2D eigenvalue weighted by molar-refractivity contribution is 6.28. The van der Waals surface area contributed by atoms with Crippen LogP contribution in [0.3, 0.4) is 0 Å². The Morgan fingerprint density at radius 2 is 1.95 bits per heavy atom. The first-order chi connectivity index (χ1) is 8.88. The number of rotatable bonds is 2. The van der Waals surface area contributed by atoms with Crippen molar-refractivity contribution in [2.45, 2.75) is 64.8 Å². The van der Waals surface area contributed by atoms with Crippen molar-refractivity contribution in [3.63, 3.8) is 0 Å². The van der Waals surface area contributed by atoms with Gasteiger partial charge in [-0.15, -0.1) is 10.2 Å². The second kappa shape index (κ2) is 4.47. The van der Waals surface area contributed by atoms with Gasteiger partial charge < -0.3 is 0 Å². The Bertz CT molecular complexity index is 474. The van der Waals surface area contributed by atoms with Crippen molar-refractivity contribution in [2.75, 3.05) is 0 Å². The van der Waals surface area contributed by atoms with Crippen LogP contribution in [-0.4, -0.2) is 14.8 Å². The SMILES string of the molecule is CC(C1CC2CCC1C2)n1c(Cl)nnc1C(C)(C)C. The molecular weight excluding hydrogens is 258 g/mol.